The largest absolute Gasteiger partial charge is 0.295 e. The Morgan fingerprint density at radius 2 is 2.31 bits per heavy atom. The summed E-state index contributed by atoms with van der Waals surface area (Å²) in [6.45, 7) is 5.45. The molecule has 0 amide bonds. The number of ketones is 1. The zero-order chi connectivity index (χ0) is 9.84. The molecule has 0 aromatic heterocycles. The summed E-state index contributed by atoms with van der Waals surface area (Å²) in [5.41, 5.74) is 2.19. The molecule has 0 spiro atoms. The summed E-state index contributed by atoms with van der Waals surface area (Å²) < 4.78 is 1.04. The van der Waals surface area contributed by atoms with Gasteiger partial charge in [-0.3, -0.25) is 4.79 Å². The first kappa shape index (κ1) is 10.2. The summed E-state index contributed by atoms with van der Waals surface area (Å²) in [6, 6.07) is 5.92. The van der Waals surface area contributed by atoms with Crippen LogP contribution in [0.4, 0.5) is 0 Å². The second-order valence-corrected chi connectivity index (χ2v) is 3.79. The highest BCUT2D eigenvalue weighted by molar-refractivity contribution is 9.10. The number of carbonyl (C=O) groups is 1. The molecule has 0 aliphatic rings. The highest BCUT2D eigenvalue weighted by Gasteiger charge is 2.00. The van der Waals surface area contributed by atoms with Crippen molar-refractivity contribution in [2.45, 2.75) is 13.3 Å². The predicted octanol–water partition coefficient (Wildman–Crippen LogP) is 3.06. The smallest absolute Gasteiger partial charge is 0.159 e. The van der Waals surface area contributed by atoms with Crippen LogP contribution in [0.15, 0.2) is 35.3 Å². The number of aryl methyl sites for hydroxylation is 1. The van der Waals surface area contributed by atoms with Crippen molar-refractivity contribution >= 4 is 21.7 Å². The molecular weight excluding hydrogens is 228 g/mol. The Hall–Kier alpha value is -0.890. The Labute approximate surface area is 86.6 Å². The molecule has 1 rings (SSSR count). The van der Waals surface area contributed by atoms with Crippen LogP contribution >= 0.6 is 15.9 Å². The van der Waals surface area contributed by atoms with Crippen molar-refractivity contribution in [3.8, 4) is 0 Å². The monoisotopic (exact) mass is 238 g/mol. The molecule has 0 aliphatic heterocycles. The number of hydrogen-bond donors (Lipinski definition) is 0. The molecule has 0 atom stereocenters. The number of hydrogen-bond acceptors (Lipinski definition) is 1. The number of carbonyl (C=O) groups excluding carboxylic acids is 1. The maximum absolute atomic E-state index is 11.0. The fraction of sp³-hybridized carbons (Fsp3) is 0.182. The van der Waals surface area contributed by atoms with Crippen LogP contribution in [0.25, 0.3) is 0 Å². The standard InChI is InChI=1S/C11H11BrO/c1-3-10(13)6-9-5-4-8(2)11(12)7-9/h3-5,7H,1,6H2,2H3. The zero-order valence-corrected chi connectivity index (χ0v) is 9.10. The van der Waals surface area contributed by atoms with Crippen LogP contribution < -0.4 is 0 Å². The first-order valence-electron chi connectivity index (χ1n) is 4.04. The van der Waals surface area contributed by atoms with Crippen molar-refractivity contribution in [1.82, 2.24) is 0 Å². The summed E-state index contributed by atoms with van der Waals surface area (Å²) in [5.74, 6) is 0.0516. The molecule has 68 valence electrons. The first-order valence-corrected chi connectivity index (χ1v) is 4.83. The van der Waals surface area contributed by atoms with Crippen molar-refractivity contribution < 1.29 is 4.79 Å². The topological polar surface area (TPSA) is 17.1 Å². The van der Waals surface area contributed by atoms with Crippen LogP contribution in [0.2, 0.25) is 0 Å². The van der Waals surface area contributed by atoms with Gasteiger partial charge in [0.15, 0.2) is 5.78 Å². The molecule has 0 heterocycles. The molecule has 1 aromatic rings. The minimum atomic E-state index is 0.0516. The Morgan fingerprint density at radius 3 is 2.85 bits per heavy atom. The maximum atomic E-state index is 11.0. The number of rotatable bonds is 3. The number of benzene rings is 1. The summed E-state index contributed by atoms with van der Waals surface area (Å²) in [4.78, 5) is 11.0. The molecule has 2 heteroatoms. The highest BCUT2D eigenvalue weighted by atomic mass is 79.9. The molecular formula is C11H11BrO. The van der Waals surface area contributed by atoms with E-state index in [0.717, 1.165) is 10.0 Å². The van der Waals surface area contributed by atoms with Crippen LogP contribution in [0.3, 0.4) is 0 Å². The SMILES string of the molecule is C=CC(=O)Cc1ccc(C)c(Br)c1. The predicted molar refractivity (Wildman–Crippen MR) is 57.8 cm³/mol. The molecule has 0 bridgehead atoms. The van der Waals surface area contributed by atoms with E-state index in [-0.39, 0.29) is 5.78 Å². The molecule has 0 saturated heterocycles. The van der Waals surface area contributed by atoms with E-state index in [1.165, 1.54) is 11.6 Å². The summed E-state index contributed by atoms with van der Waals surface area (Å²) in [7, 11) is 0. The third-order valence-electron chi connectivity index (χ3n) is 1.84. The minimum Gasteiger partial charge on any atom is -0.295 e. The van der Waals surface area contributed by atoms with Gasteiger partial charge in [0.1, 0.15) is 0 Å². The first-order chi connectivity index (χ1) is 6.13. The molecule has 13 heavy (non-hydrogen) atoms. The van der Waals surface area contributed by atoms with Gasteiger partial charge in [0.05, 0.1) is 0 Å². The van der Waals surface area contributed by atoms with Gasteiger partial charge in [-0.15, -0.1) is 0 Å². The molecule has 0 fully saturated rings. The molecule has 0 saturated carbocycles. The van der Waals surface area contributed by atoms with Crippen LogP contribution in [-0.4, -0.2) is 5.78 Å². The van der Waals surface area contributed by atoms with E-state index in [1.807, 2.05) is 25.1 Å². The van der Waals surface area contributed by atoms with E-state index >= 15 is 0 Å². The fourth-order valence-corrected chi connectivity index (χ4v) is 1.45. The quantitative estimate of drug-likeness (QED) is 0.741. The highest BCUT2D eigenvalue weighted by Crippen LogP contribution is 2.17. The van der Waals surface area contributed by atoms with Gasteiger partial charge in [-0.2, -0.15) is 0 Å². The van der Waals surface area contributed by atoms with Gasteiger partial charge in [-0.1, -0.05) is 34.6 Å². The average molecular weight is 239 g/mol. The Morgan fingerprint density at radius 1 is 1.62 bits per heavy atom. The minimum absolute atomic E-state index is 0.0516. The second-order valence-electron chi connectivity index (χ2n) is 2.93. The van der Waals surface area contributed by atoms with E-state index in [9.17, 15) is 4.79 Å². The Bertz CT molecular complexity index is 342. The van der Waals surface area contributed by atoms with Crippen LogP contribution in [-0.2, 0) is 11.2 Å². The maximum Gasteiger partial charge on any atom is 0.159 e. The van der Waals surface area contributed by atoms with Crippen LogP contribution in [0, 0.1) is 6.92 Å². The average Bonchev–Trinajstić information content (AvgIpc) is 2.11. The van der Waals surface area contributed by atoms with E-state index in [0.29, 0.717) is 6.42 Å². The van der Waals surface area contributed by atoms with Crippen molar-refractivity contribution in [2.24, 2.45) is 0 Å². The summed E-state index contributed by atoms with van der Waals surface area (Å²) in [5, 5.41) is 0. The third-order valence-corrected chi connectivity index (χ3v) is 2.70. The van der Waals surface area contributed by atoms with Crippen LogP contribution in [0.1, 0.15) is 11.1 Å². The molecule has 0 unspecified atom stereocenters. The van der Waals surface area contributed by atoms with Gasteiger partial charge >= 0.3 is 0 Å². The Kier molecular flexibility index (Phi) is 3.43. The van der Waals surface area contributed by atoms with Gasteiger partial charge in [0.25, 0.3) is 0 Å². The summed E-state index contributed by atoms with van der Waals surface area (Å²) >= 11 is 3.42. The van der Waals surface area contributed by atoms with Gasteiger partial charge in [0, 0.05) is 10.9 Å². The molecule has 1 nitrogen and oxygen atoms in total. The number of allylic oxidation sites excluding steroid dienone is 1. The lowest BCUT2D eigenvalue weighted by Gasteiger charge is -2.01. The van der Waals surface area contributed by atoms with Gasteiger partial charge in [-0.25, -0.2) is 0 Å². The summed E-state index contributed by atoms with van der Waals surface area (Å²) in [6.07, 6.45) is 1.79. The van der Waals surface area contributed by atoms with Gasteiger partial charge < -0.3 is 0 Å². The molecule has 0 N–H and O–H groups in total. The lowest BCUT2D eigenvalue weighted by Crippen LogP contribution is -1.97. The van der Waals surface area contributed by atoms with Crippen molar-refractivity contribution in [1.29, 1.82) is 0 Å². The van der Waals surface area contributed by atoms with Gasteiger partial charge in [0.2, 0.25) is 0 Å². The van der Waals surface area contributed by atoms with E-state index in [1.54, 1.807) is 0 Å². The third kappa shape index (κ3) is 2.81. The Balaban J connectivity index is 2.85. The van der Waals surface area contributed by atoms with E-state index < -0.39 is 0 Å². The van der Waals surface area contributed by atoms with Crippen molar-refractivity contribution in [3.63, 3.8) is 0 Å². The molecule has 0 radical (unpaired) electrons. The lowest BCUT2D eigenvalue weighted by atomic mass is 10.1. The fourth-order valence-electron chi connectivity index (χ4n) is 1.02. The molecule has 0 aliphatic carbocycles. The zero-order valence-electron chi connectivity index (χ0n) is 7.51. The van der Waals surface area contributed by atoms with E-state index in [2.05, 4.69) is 22.5 Å². The van der Waals surface area contributed by atoms with Crippen molar-refractivity contribution in [2.75, 3.05) is 0 Å². The second kappa shape index (κ2) is 4.38. The lowest BCUT2D eigenvalue weighted by molar-refractivity contribution is -0.114. The van der Waals surface area contributed by atoms with Gasteiger partial charge in [-0.05, 0) is 30.2 Å². The number of halogens is 1. The van der Waals surface area contributed by atoms with E-state index in [4.69, 9.17) is 0 Å². The normalized spacial score (nSPS) is 9.69. The van der Waals surface area contributed by atoms with Crippen LogP contribution in [0.5, 0.6) is 0 Å². The van der Waals surface area contributed by atoms with Crippen molar-refractivity contribution in [3.05, 3.63) is 46.5 Å². The molecule has 1 aromatic carbocycles.